The van der Waals surface area contributed by atoms with Crippen molar-refractivity contribution in [3.8, 4) is 0 Å². The fraction of sp³-hybridized carbons (Fsp3) is 1.00. The molecule has 0 aromatic carbocycles. The molecule has 2 heteroatoms. The molecule has 2 aliphatic rings. The van der Waals surface area contributed by atoms with Crippen LogP contribution in [-0.4, -0.2) is 37.1 Å². The van der Waals surface area contributed by atoms with Crippen LogP contribution in [0.2, 0.25) is 0 Å². The summed E-state index contributed by atoms with van der Waals surface area (Å²) in [6.07, 6.45) is 1.39. The van der Waals surface area contributed by atoms with E-state index >= 15 is 0 Å². The third kappa shape index (κ3) is 0.501. The number of hydrogen-bond acceptors (Lipinski definition) is 2. The molecule has 0 aromatic heterocycles. The summed E-state index contributed by atoms with van der Waals surface area (Å²) in [6, 6.07) is 1.69. The zero-order valence-corrected chi connectivity index (χ0v) is 5.22. The van der Waals surface area contributed by atoms with Crippen molar-refractivity contribution < 1.29 is 0 Å². The summed E-state index contributed by atoms with van der Waals surface area (Å²) in [6.45, 7) is 2.49. The zero-order chi connectivity index (χ0) is 5.56. The highest BCUT2D eigenvalue weighted by molar-refractivity contribution is 4.95. The highest BCUT2D eigenvalue weighted by Gasteiger charge is 2.34. The smallest absolute Gasteiger partial charge is 0.0233 e. The highest BCUT2D eigenvalue weighted by Crippen LogP contribution is 2.20. The Balaban J connectivity index is 2.11. The largest absolute Gasteiger partial charge is 0.311 e. The second kappa shape index (κ2) is 1.45. The molecule has 0 amide bonds. The van der Waals surface area contributed by atoms with Gasteiger partial charge in [-0.3, -0.25) is 0 Å². The maximum Gasteiger partial charge on any atom is 0.0233 e. The first-order valence-corrected chi connectivity index (χ1v) is 3.30. The summed E-state index contributed by atoms with van der Waals surface area (Å²) >= 11 is 0. The van der Waals surface area contributed by atoms with Gasteiger partial charge >= 0.3 is 0 Å². The lowest BCUT2D eigenvalue weighted by Gasteiger charge is -2.21. The molecule has 8 heavy (non-hydrogen) atoms. The van der Waals surface area contributed by atoms with Gasteiger partial charge in [-0.1, -0.05) is 0 Å². The van der Waals surface area contributed by atoms with Crippen molar-refractivity contribution in [2.75, 3.05) is 20.1 Å². The molecule has 2 atom stereocenters. The van der Waals surface area contributed by atoms with Gasteiger partial charge in [0.05, 0.1) is 0 Å². The Hall–Kier alpha value is -0.0800. The zero-order valence-electron chi connectivity index (χ0n) is 5.22. The minimum Gasteiger partial charge on any atom is -0.311 e. The predicted octanol–water partition coefficient (Wildman–Crippen LogP) is -0.338. The van der Waals surface area contributed by atoms with Gasteiger partial charge in [-0.2, -0.15) is 0 Å². The van der Waals surface area contributed by atoms with E-state index in [1.165, 1.54) is 19.5 Å². The first-order chi connectivity index (χ1) is 3.86. The van der Waals surface area contributed by atoms with Gasteiger partial charge in [0.25, 0.3) is 0 Å². The van der Waals surface area contributed by atoms with Gasteiger partial charge in [0.15, 0.2) is 0 Å². The van der Waals surface area contributed by atoms with E-state index in [9.17, 15) is 0 Å². The number of hydrogen-bond donors (Lipinski definition) is 1. The van der Waals surface area contributed by atoms with E-state index in [1.807, 2.05) is 0 Å². The molecule has 2 aliphatic heterocycles. The number of likely N-dealkylation sites (tertiary alicyclic amines) is 1. The van der Waals surface area contributed by atoms with E-state index in [0.717, 1.165) is 12.1 Å². The maximum absolute atomic E-state index is 3.44. The average molecular weight is 112 g/mol. The highest BCUT2D eigenvalue weighted by atomic mass is 15.3. The lowest BCUT2D eigenvalue weighted by atomic mass is 10.2. The monoisotopic (exact) mass is 112 g/mol. The number of piperazine rings is 1. The molecule has 1 N–H and O–H groups in total. The summed E-state index contributed by atoms with van der Waals surface area (Å²) in [5.41, 5.74) is 0. The number of fused-ring (bicyclic) bond motifs is 2. The molecule has 0 unspecified atom stereocenters. The Kier molecular flexibility index (Phi) is 0.866. The van der Waals surface area contributed by atoms with E-state index in [-0.39, 0.29) is 0 Å². The normalized spacial score (nSPS) is 46.1. The molecule has 2 nitrogen and oxygen atoms in total. The van der Waals surface area contributed by atoms with Crippen LogP contribution in [0.5, 0.6) is 0 Å². The third-order valence-corrected chi connectivity index (χ3v) is 2.33. The maximum atomic E-state index is 3.44. The van der Waals surface area contributed by atoms with Gasteiger partial charge < -0.3 is 10.2 Å². The second-order valence-electron chi connectivity index (χ2n) is 2.93. The molecule has 0 aliphatic carbocycles. The van der Waals surface area contributed by atoms with E-state index in [4.69, 9.17) is 0 Å². The summed E-state index contributed by atoms with van der Waals surface area (Å²) in [5.74, 6) is 0. The van der Waals surface area contributed by atoms with Crippen molar-refractivity contribution in [1.29, 1.82) is 0 Å². The van der Waals surface area contributed by atoms with E-state index in [1.54, 1.807) is 0 Å². The van der Waals surface area contributed by atoms with Crippen LogP contribution in [0.15, 0.2) is 0 Å². The molecule has 46 valence electrons. The van der Waals surface area contributed by atoms with E-state index < -0.39 is 0 Å². The summed E-state index contributed by atoms with van der Waals surface area (Å²) in [4.78, 5) is 2.45. The molecule has 2 saturated heterocycles. The quantitative estimate of drug-likeness (QED) is 0.461. The summed E-state index contributed by atoms with van der Waals surface area (Å²) in [5, 5.41) is 3.44. The molecule has 2 heterocycles. The van der Waals surface area contributed by atoms with Crippen LogP contribution >= 0.6 is 0 Å². The molecule has 2 fully saturated rings. The van der Waals surface area contributed by atoms with Crippen LogP contribution in [0.25, 0.3) is 0 Å². The van der Waals surface area contributed by atoms with Gasteiger partial charge in [-0.15, -0.1) is 0 Å². The fourth-order valence-electron chi connectivity index (χ4n) is 1.77. The molecule has 0 aromatic rings. The van der Waals surface area contributed by atoms with Gasteiger partial charge in [0.1, 0.15) is 0 Å². The third-order valence-electron chi connectivity index (χ3n) is 2.33. The van der Waals surface area contributed by atoms with Crippen LogP contribution in [0.4, 0.5) is 0 Å². The van der Waals surface area contributed by atoms with Gasteiger partial charge in [0, 0.05) is 25.2 Å². The van der Waals surface area contributed by atoms with Crippen LogP contribution in [0.3, 0.4) is 0 Å². The van der Waals surface area contributed by atoms with Crippen molar-refractivity contribution in [3.63, 3.8) is 0 Å². The van der Waals surface area contributed by atoms with E-state index in [0.29, 0.717) is 0 Å². The Labute approximate surface area is 49.9 Å². The number of nitrogens with zero attached hydrogens (tertiary/aromatic N) is 1. The fourth-order valence-corrected chi connectivity index (χ4v) is 1.77. The number of likely N-dealkylation sites (N-methyl/N-ethyl adjacent to an activating group) is 1. The lowest BCUT2D eigenvalue weighted by molar-refractivity contribution is 0.276. The van der Waals surface area contributed by atoms with Crippen molar-refractivity contribution in [1.82, 2.24) is 10.2 Å². The minimum atomic E-state index is 0.824. The first-order valence-electron chi connectivity index (χ1n) is 3.30. The standard InChI is InChI=1S/C6H12N2/c1-8-4-5-2-6(8)3-7-5/h5-7H,2-4H2,1H3/t5-,6-/m1/s1. The molecular weight excluding hydrogens is 100 g/mol. The Morgan fingerprint density at radius 2 is 2.50 bits per heavy atom. The Bertz CT molecular complexity index is 101. The minimum absolute atomic E-state index is 0.824. The second-order valence-corrected chi connectivity index (χ2v) is 2.93. The lowest BCUT2D eigenvalue weighted by Crippen LogP contribution is -2.41. The SMILES string of the molecule is CN1C[C@H]2C[C@@H]1CN2. The van der Waals surface area contributed by atoms with Crippen LogP contribution in [-0.2, 0) is 0 Å². The van der Waals surface area contributed by atoms with Crippen molar-refractivity contribution in [2.24, 2.45) is 0 Å². The molecule has 0 radical (unpaired) electrons. The number of nitrogens with one attached hydrogen (secondary N) is 1. The Morgan fingerprint density at radius 3 is 2.75 bits per heavy atom. The van der Waals surface area contributed by atoms with Gasteiger partial charge in [-0.05, 0) is 13.5 Å². The predicted molar refractivity (Wildman–Crippen MR) is 32.8 cm³/mol. The van der Waals surface area contributed by atoms with Crippen molar-refractivity contribution in [3.05, 3.63) is 0 Å². The van der Waals surface area contributed by atoms with Crippen molar-refractivity contribution in [2.45, 2.75) is 18.5 Å². The van der Waals surface area contributed by atoms with Gasteiger partial charge in [0.2, 0.25) is 0 Å². The van der Waals surface area contributed by atoms with Crippen LogP contribution < -0.4 is 5.32 Å². The van der Waals surface area contributed by atoms with E-state index in [2.05, 4.69) is 17.3 Å². The molecular formula is C6H12N2. The molecule has 2 rings (SSSR count). The molecule has 0 saturated carbocycles. The summed E-state index contributed by atoms with van der Waals surface area (Å²) < 4.78 is 0. The average Bonchev–Trinajstić information content (AvgIpc) is 2.23. The van der Waals surface area contributed by atoms with Crippen LogP contribution in [0, 0.1) is 0 Å². The summed E-state index contributed by atoms with van der Waals surface area (Å²) in [7, 11) is 2.21. The first kappa shape index (κ1) is 4.77. The Morgan fingerprint density at radius 1 is 1.62 bits per heavy atom. The topological polar surface area (TPSA) is 15.3 Å². The van der Waals surface area contributed by atoms with Crippen LogP contribution in [0.1, 0.15) is 6.42 Å². The van der Waals surface area contributed by atoms with Crippen molar-refractivity contribution >= 4 is 0 Å². The molecule has 0 spiro atoms. The number of rotatable bonds is 0. The van der Waals surface area contributed by atoms with Gasteiger partial charge in [-0.25, -0.2) is 0 Å². The molecule has 2 bridgehead atoms.